The molecule has 1 N–H and O–H groups in total. The van der Waals surface area contributed by atoms with Gasteiger partial charge in [0.1, 0.15) is 0 Å². The van der Waals surface area contributed by atoms with Crippen LogP contribution in [0.1, 0.15) is 35.8 Å². The van der Waals surface area contributed by atoms with Crippen LogP contribution in [0.5, 0.6) is 0 Å². The van der Waals surface area contributed by atoms with E-state index in [4.69, 9.17) is 11.6 Å². The first-order valence-corrected chi connectivity index (χ1v) is 9.25. The van der Waals surface area contributed by atoms with Crippen LogP contribution in [0.25, 0.3) is 0 Å². The van der Waals surface area contributed by atoms with Gasteiger partial charge in [-0.25, -0.2) is 8.42 Å². The predicted octanol–water partition coefficient (Wildman–Crippen LogP) is 3.62. The Morgan fingerprint density at radius 2 is 1.65 bits per heavy atom. The summed E-state index contributed by atoms with van der Waals surface area (Å²) in [6, 6.07) is 13.0. The Labute approximate surface area is 141 Å². The molecule has 0 aliphatic rings. The Kier molecular flexibility index (Phi) is 5.44. The highest BCUT2D eigenvalue weighted by atomic mass is 35.5. The van der Waals surface area contributed by atoms with Gasteiger partial charge in [-0.05, 0) is 48.9 Å². The molecule has 0 spiro atoms. The fraction of sp³-hybridized carbons (Fsp3) is 0.235. The number of rotatable bonds is 5. The highest BCUT2D eigenvalue weighted by Crippen LogP contribution is 2.17. The third kappa shape index (κ3) is 4.33. The van der Waals surface area contributed by atoms with Crippen LogP contribution < -0.4 is 5.32 Å². The van der Waals surface area contributed by atoms with Crippen molar-refractivity contribution in [3.8, 4) is 0 Å². The minimum Gasteiger partial charge on any atom is -0.346 e. The van der Waals surface area contributed by atoms with Crippen LogP contribution in [0, 0.1) is 0 Å². The fourth-order valence-corrected chi connectivity index (χ4v) is 3.11. The summed E-state index contributed by atoms with van der Waals surface area (Å²) >= 11 is 5.85. The molecule has 0 radical (unpaired) electrons. The van der Waals surface area contributed by atoms with Crippen molar-refractivity contribution in [3.63, 3.8) is 0 Å². The summed E-state index contributed by atoms with van der Waals surface area (Å²) < 4.78 is 23.5. The first-order valence-electron chi connectivity index (χ1n) is 7.22. The maximum atomic E-state index is 12.2. The predicted molar refractivity (Wildman–Crippen MR) is 91.5 cm³/mol. The van der Waals surface area contributed by atoms with E-state index in [9.17, 15) is 13.2 Å². The van der Waals surface area contributed by atoms with Gasteiger partial charge in [-0.1, -0.05) is 30.7 Å². The second-order valence-electron chi connectivity index (χ2n) is 5.17. The lowest BCUT2D eigenvalue weighted by molar-refractivity contribution is 0.0940. The van der Waals surface area contributed by atoms with Crippen molar-refractivity contribution in [2.75, 3.05) is 5.75 Å². The molecule has 0 aromatic heterocycles. The lowest BCUT2D eigenvalue weighted by Gasteiger charge is -2.14. The molecular formula is C17H18ClNO3S. The van der Waals surface area contributed by atoms with E-state index in [0.717, 1.165) is 5.56 Å². The van der Waals surface area contributed by atoms with Crippen LogP contribution in [0.4, 0.5) is 0 Å². The van der Waals surface area contributed by atoms with Gasteiger partial charge in [0.15, 0.2) is 9.84 Å². The van der Waals surface area contributed by atoms with Crippen LogP contribution in [0.2, 0.25) is 5.02 Å². The number of amides is 1. The number of nitrogens with one attached hydrogen (secondary N) is 1. The fourth-order valence-electron chi connectivity index (χ4n) is 2.10. The largest absolute Gasteiger partial charge is 0.346 e. The zero-order chi connectivity index (χ0) is 17.0. The smallest absolute Gasteiger partial charge is 0.251 e. The summed E-state index contributed by atoms with van der Waals surface area (Å²) in [4.78, 5) is 12.5. The maximum Gasteiger partial charge on any atom is 0.251 e. The van der Waals surface area contributed by atoms with Crippen molar-refractivity contribution < 1.29 is 13.2 Å². The molecule has 0 heterocycles. The van der Waals surface area contributed by atoms with Crippen LogP contribution in [0.15, 0.2) is 53.4 Å². The number of benzene rings is 2. The molecular weight excluding hydrogens is 334 g/mol. The summed E-state index contributed by atoms with van der Waals surface area (Å²) in [5.41, 5.74) is 1.36. The van der Waals surface area contributed by atoms with Gasteiger partial charge in [0.25, 0.3) is 5.91 Å². The van der Waals surface area contributed by atoms with Gasteiger partial charge in [-0.2, -0.15) is 0 Å². The van der Waals surface area contributed by atoms with Crippen LogP contribution in [-0.4, -0.2) is 20.1 Å². The van der Waals surface area contributed by atoms with E-state index in [1.165, 1.54) is 24.3 Å². The Bertz CT molecular complexity index is 784. The van der Waals surface area contributed by atoms with Crippen LogP contribution >= 0.6 is 11.6 Å². The molecule has 0 aliphatic heterocycles. The number of hydrogen-bond acceptors (Lipinski definition) is 3. The first kappa shape index (κ1) is 17.5. The third-order valence-corrected chi connectivity index (χ3v) is 5.58. The summed E-state index contributed by atoms with van der Waals surface area (Å²) in [6.07, 6.45) is 0. The third-order valence-electron chi connectivity index (χ3n) is 3.57. The average Bonchev–Trinajstić information content (AvgIpc) is 2.55. The molecule has 0 aliphatic carbocycles. The Balaban J connectivity index is 2.10. The molecule has 1 amide bonds. The number of carbonyl (C=O) groups is 1. The molecule has 4 nitrogen and oxygen atoms in total. The van der Waals surface area contributed by atoms with E-state index in [1.54, 1.807) is 19.1 Å². The summed E-state index contributed by atoms with van der Waals surface area (Å²) in [6.45, 7) is 3.46. The standard InChI is InChI=1S/C17H18ClNO3S/c1-3-23(21,22)16-10-6-14(7-11-16)17(20)19-12(2)13-4-8-15(18)9-5-13/h4-12H,3H2,1-2H3,(H,19,20). The lowest BCUT2D eigenvalue weighted by Crippen LogP contribution is -2.26. The van der Waals surface area contributed by atoms with Crippen molar-refractivity contribution in [3.05, 3.63) is 64.7 Å². The molecule has 122 valence electrons. The van der Waals surface area contributed by atoms with E-state index in [0.29, 0.717) is 10.6 Å². The van der Waals surface area contributed by atoms with E-state index >= 15 is 0 Å². The van der Waals surface area contributed by atoms with Gasteiger partial charge in [-0.3, -0.25) is 4.79 Å². The van der Waals surface area contributed by atoms with Gasteiger partial charge >= 0.3 is 0 Å². The van der Waals surface area contributed by atoms with Gasteiger partial charge in [-0.15, -0.1) is 0 Å². The quantitative estimate of drug-likeness (QED) is 0.894. The minimum atomic E-state index is -3.25. The highest BCUT2D eigenvalue weighted by Gasteiger charge is 2.14. The average molecular weight is 352 g/mol. The number of carbonyl (C=O) groups excluding carboxylic acids is 1. The lowest BCUT2D eigenvalue weighted by atomic mass is 10.1. The molecule has 1 unspecified atom stereocenters. The second kappa shape index (κ2) is 7.15. The van der Waals surface area contributed by atoms with Crippen molar-refractivity contribution >= 4 is 27.3 Å². The van der Waals surface area contributed by atoms with Crippen molar-refractivity contribution in [2.45, 2.75) is 24.8 Å². The molecule has 1 atom stereocenters. The van der Waals surface area contributed by atoms with E-state index < -0.39 is 9.84 Å². The Morgan fingerprint density at radius 3 is 2.17 bits per heavy atom. The summed E-state index contributed by atoms with van der Waals surface area (Å²) in [5.74, 6) is -0.223. The first-order chi connectivity index (χ1) is 10.8. The molecule has 0 saturated heterocycles. The van der Waals surface area contributed by atoms with E-state index in [2.05, 4.69) is 5.32 Å². The SMILES string of the molecule is CCS(=O)(=O)c1ccc(C(=O)NC(C)c2ccc(Cl)cc2)cc1. The number of sulfone groups is 1. The van der Waals surface area contributed by atoms with Gasteiger partial charge in [0.2, 0.25) is 0 Å². The molecule has 0 fully saturated rings. The zero-order valence-electron chi connectivity index (χ0n) is 12.9. The number of hydrogen-bond donors (Lipinski definition) is 1. The van der Waals surface area contributed by atoms with Gasteiger partial charge < -0.3 is 5.32 Å². The minimum absolute atomic E-state index is 0.0339. The van der Waals surface area contributed by atoms with E-state index in [1.807, 2.05) is 19.1 Å². The maximum absolute atomic E-state index is 12.2. The molecule has 0 saturated carbocycles. The highest BCUT2D eigenvalue weighted by molar-refractivity contribution is 7.91. The van der Waals surface area contributed by atoms with Crippen molar-refractivity contribution in [2.24, 2.45) is 0 Å². The van der Waals surface area contributed by atoms with Crippen molar-refractivity contribution in [1.82, 2.24) is 5.32 Å². The molecule has 2 aromatic carbocycles. The Hall–Kier alpha value is -1.85. The topological polar surface area (TPSA) is 63.2 Å². The molecule has 0 bridgehead atoms. The molecule has 2 aromatic rings. The normalized spacial score (nSPS) is 12.7. The second-order valence-corrected chi connectivity index (χ2v) is 7.89. The zero-order valence-corrected chi connectivity index (χ0v) is 14.5. The van der Waals surface area contributed by atoms with Crippen molar-refractivity contribution in [1.29, 1.82) is 0 Å². The van der Waals surface area contributed by atoms with Crippen LogP contribution in [-0.2, 0) is 9.84 Å². The van der Waals surface area contributed by atoms with E-state index in [-0.39, 0.29) is 22.6 Å². The molecule has 2 rings (SSSR count). The summed E-state index contributed by atoms with van der Waals surface area (Å²) in [7, 11) is -3.25. The van der Waals surface area contributed by atoms with Crippen LogP contribution in [0.3, 0.4) is 0 Å². The Morgan fingerprint density at radius 1 is 1.09 bits per heavy atom. The monoisotopic (exact) mass is 351 g/mol. The van der Waals surface area contributed by atoms with Gasteiger partial charge in [0.05, 0.1) is 16.7 Å². The summed E-state index contributed by atoms with van der Waals surface area (Å²) in [5, 5.41) is 3.51. The molecule has 23 heavy (non-hydrogen) atoms. The number of halogens is 1. The van der Waals surface area contributed by atoms with Gasteiger partial charge in [0, 0.05) is 10.6 Å². The molecule has 6 heteroatoms.